The van der Waals surface area contributed by atoms with Gasteiger partial charge in [-0.1, -0.05) is 0 Å². The molecule has 20 heavy (non-hydrogen) atoms. The maximum Gasteiger partial charge on any atom is 0.326 e. The number of benzene rings is 1. The zero-order valence-corrected chi connectivity index (χ0v) is 10.7. The molecule has 0 heterocycles. The van der Waals surface area contributed by atoms with Crippen LogP contribution >= 0.6 is 0 Å². The number of amides is 3. The number of nitrogens with zero attached hydrogens (tertiary/aromatic N) is 1. The molecule has 1 atom stereocenters. The Balaban J connectivity index is 2.75. The van der Waals surface area contributed by atoms with Crippen LogP contribution in [0.3, 0.4) is 0 Å². The summed E-state index contributed by atoms with van der Waals surface area (Å²) in [4.78, 5) is 34.5. The number of carboxylic acids is 1. The van der Waals surface area contributed by atoms with Gasteiger partial charge in [0.1, 0.15) is 11.9 Å². The Labute approximate surface area is 114 Å². The van der Waals surface area contributed by atoms with Crippen LogP contribution in [0.2, 0.25) is 0 Å². The van der Waals surface area contributed by atoms with Crippen molar-refractivity contribution < 1.29 is 23.9 Å². The molecule has 3 amide bonds. The fraction of sp³-hybridized carbons (Fsp3) is 0.250. The highest BCUT2D eigenvalue weighted by Crippen LogP contribution is 2.13. The molecule has 1 aromatic rings. The van der Waals surface area contributed by atoms with Gasteiger partial charge in [0.05, 0.1) is 6.42 Å². The van der Waals surface area contributed by atoms with Gasteiger partial charge in [0.15, 0.2) is 0 Å². The zero-order valence-electron chi connectivity index (χ0n) is 10.7. The maximum absolute atomic E-state index is 12.8. The van der Waals surface area contributed by atoms with Crippen molar-refractivity contribution in [2.75, 3.05) is 11.9 Å². The van der Waals surface area contributed by atoms with E-state index in [1.54, 1.807) is 0 Å². The van der Waals surface area contributed by atoms with Crippen molar-refractivity contribution in [1.29, 1.82) is 0 Å². The summed E-state index contributed by atoms with van der Waals surface area (Å²) in [7, 11) is 1.38. The van der Waals surface area contributed by atoms with E-state index in [-0.39, 0.29) is 0 Å². The van der Waals surface area contributed by atoms with Crippen molar-refractivity contribution in [3.05, 3.63) is 30.1 Å². The van der Waals surface area contributed by atoms with E-state index in [1.165, 1.54) is 19.2 Å². The van der Waals surface area contributed by atoms with Crippen LogP contribution in [0.1, 0.15) is 6.42 Å². The van der Waals surface area contributed by atoms with Crippen molar-refractivity contribution in [3.8, 4) is 0 Å². The number of anilines is 1. The van der Waals surface area contributed by atoms with Gasteiger partial charge >= 0.3 is 12.0 Å². The van der Waals surface area contributed by atoms with Gasteiger partial charge in [-0.2, -0.15) is 0 Å². The molecule has 0 unspecified atom stereocenters. The molecule has 1 aromatic carbocycles. The largest absolute Gasteiger partial charge is 0.480 e. The highest BCUT2D eigenvalue weighted by molar-refractivity contribution is 5.95. The van der Waals surface area contributed by atoms with E-state index < -0.39 is 36.2 Å². The fourth-order valence-electron chi connectivity index (χ4n) is 1.43. The Morgan fingerprint density at radius 3 is 2.35 bits per heavy atom. The van der Waals surface area contributed by atoms with Crippen molar-refractivity contribution in [3.63, 3.8) is 0 Å². The van der Waals surface area contributed by atoms with Gasteiger partial charge < -0.3 is 16.2 Å². The minimum absolute atomic E-state index is 0.368. The number of urea groups is 1. The van der Waals surface area contributed by atoms with Gasteiger partial charge in [0, 0.05) is 12.7 Å². The summed E-state index contributed by atoms with van der Waals surface area (Å²) in [6.45, 7) is 0. The molecule has 0 bridgehead atoms. The van der Waals surface area contributed by atoms with Crippen LogP contribution < -0.4 is 16.0 Å². The van der Waals surface area contributed by atoms with Crippen LogP contribution in [0.15, 0.2) is 24.3 Å². The fourth-order valence-corrected chi connectivity index (χ4v) is 1.43. The quantitative estimate of drug-likeness (QED) is 0.721. The molecule has 1 rings (SSSR count). The second kappa shape index (κ2) is 6.50. The van der Waals surface area contributed by atoms with Crippen LogP contribution in [0.5, 0.6) is 0 Å². The molecular weight excluding hydrogens is 269 g/mol. The lowest BCUT2D eigenvalue weighted by Crippen LogP contribution is -2.48. The summed E-state index contributed by atoms with van der Waals surface area (Å²) in [5.41, 5.74) is 5.27. The summed E-state index contributed by atoms with van der Waals surface area (Å²) in [5.74, 6) is -2.67. The highest BCUT2D eigenvalue weighted by atomic mass is 19.1. The average Bonchev–Trinajstić information content (AvgIpc) is 2.37. The Kier molecular flexibility index (Phi) is 5.01. The predicted molar refractivity (Wildman–Crippen MR) is 68.6 cm³/mol. The third-order valence-electron chi connectivity index (χ3n) is 2.52. The average molecular weight is 283 g/mol. The Morgan fingerprint density at radius 1 is 1.35 bits per heavy atom. The summed E-state index contributed by atoms with van der Waals surface area (Å²) in [6.07, 6.45) is -0.516. The topological polar surface area (TPSA) is 113 Å². The lowest BCUT2D eigenvalue weighted by Gasteiger charge is -2.20. The molecule has 4 N–H and O–H groups in total. The van der Waals surface area contributed by atoms with E-state index in [4.69, 9.17) is 10.8 Å². The van der Waals surface area contributed by atoms with Crippen molar-refractivity contribution in [1.82, 2.24) is 5.32 Å². The number of nitrogens with two attached hydrogens (primary N) is 1. The first-order valence-electron chi connectivity index (χ1n) is 5.62. The molecule has 0 aliphatic carbocycles. The van der Waals surface area contributed by atoms with Crippen LogP contribution in [0.25, 0.3) is 0 Å². The van der Waals surface area contributed by atoms with E-state index in [9.17, 15) is 18.8 Å². The second-order valence-corrected chi connectivity index (χ2v) is 4.05. The van der Waals surface area contributed by atoms with Crippen molar-refractivity contribution >= 4 is 23.6 Å². The van der Waals surface area contributed by atoms with E-state index in [1.807, 2.05) is 0 Å². The lowest BCUT2D eigenvalue weighted by molar-refractivity contribution is -0.140. The molecule has 0 aliphatic heterocycles. The number of hydrogen-bond acceptors (Lipinski definition) is 3. The Morgan fingerprint density at radius 2 is 1.90 bits per heavy atom. The predicted octanol–water partition coefficient (Wildman–Crippen LogP) is 0.300. The third-order valence-corrected chi connectivity index (χ3v) is 2.52. The van der Waals surface area contributed by atoms with Crippen molar-refractivity contribution in [2.45, 2.75) is 12.5 Å². The van der Waals surface area contributed by atoms with Crippen LogP contribution in [0.4, 0.5) is 14.9 Å². The normalized spacial score (nSPS) is 11.5. The van der Waals surface area contributed by atoms with E-state index in [0.29, 0.717) is 5.69 Å². The second-order valence-electron chi connectivity index (χ2n) is 4.05. The summed E-state index contributed by atoms with van der Waals surface area (Å²) in [6, 6.07) is 2.89. The molecule has 7 nitrogen and oxygen atoms in total. The van der Waals surface area contributed by atoms with Gasteiger partial charge in [-0.15, -0.1) is 0 Å². The molecule has 0 aliphatic rings. The number of aliphatic carboxylic acids is 1. The van der Waals surface area contributed by atoms with Gasteiger partial charge in [-0.05, 0) is 24.3 Å². The molecule has 0 radical (unpaired) electrons. The van der Waals surface area contributed by atoms with Gasteiger partial charge in [-0.25, -0.2) is 14.0 Å². The molecule has 8 heteroatoms. The minimum atomic E-state index is -1.41. The first kappa shape index (κ1) is 15.4. The standard InChI is InChI=1S/C12H14FN3O4/c1-16(8-4-2-7(13)3-5-8)12(20)15-9(11(18)19)6-10(14)17/h2-5,9H,6H2,1H3,(H2,14,17)(H,15,20)(H,18,19)/t9-/m0/s1. The van der Waals surface area contributed by atoms with Gasteiger partial charge in [-0.3, -0.25) is 9.69 Å². The van der Waals surface area contributed by atoms with Crippen LogP contribution in [0, 0.1) is 5.82 Å². The molecule has 0 spiro atoms. The van der Waals surface area contributed by atoms with Crippen LogP contribution in [-0.4, -0.2) is 36.1 Å². The molecular formula is C12H14FN3O4. The van der Waals surface area contributed by atoms with Gasteiger partial charge in [0.2, 0.25) is 5.91 Å². The Hall–Kier alpha value is -2.64. The number of carbonyl (C=O) groups is 3. The molecule has 0 saturated carbocycles. The monoisotopic (exact) mass is 283 g/mol. The Bertz CT molecular complexity index is 518. The number of rotatable bonds is 5. The molecule has 0 fully saturated rings. The van der Waals surface area contributed by atoms with E-state index >= 15 is 0 Å². The molecule has 108 valence electrons. The van der Waals surface area contributed by atoms with Crippen molar-refractivity contribution in [2.24, 2.45) is 5.73 Å². The van der Waals surface area contributed by atoms with Gasteiger partial charge in [0.25, 0.3) is 0 Å². The maximum atomic E-state index is 12.8. The van der Waals surface area contributed by atoms with E-state index in [2.05, 4.69) is 5.32 Å². The zero-order chi connectivity index (χ0) is 15.3. The highest BCUT2D eigenvalue weighted by Gasteiger charge is 2.24. The first-order valence-corrected chi connectivity index (χ1v) is 5.62. The number of hydrogen-bond donors (Lipinski definition) is 3. The number of primary amides is 1. The smallest absolute Gasteiger partial charge is 0.326 e. The molecule has 0 saturated heterocycles. The minimum Gasteiger partial charge on any atom is -0.480 e. The summed E-state index contributed by atoms with van der Waals surface area (Å²) in [5, 5.41) is 11.0. The number of halogens is 1. The number of nitrogens with one attached hydrogen (secondary N) is 1. The summed E-state index contributed by atoms with van der Waals surface area (Å²) < 4.78 is 12.8. The summed E-state index contributed by atoms with van der Waals surface area (Å²) >= 11 is 0. The molecule has 0 aromatic heterocycles. The number of carbonyl (C=O) groups excluding carboxylic acids is 2. The lowest BCUT2D eigenvalue weighted by atomic mass is 10.2. The SMILES string of the molecule is CN(C(=O)N[C@@H](CC(N)=O)C(=O)O)c1ccc(F)cc1. The van der Waals surface area contributed by atoms with E-state index in [0.717, 1.165) is 17.0 Å². The number of carboxylic acid groups (broad SMARTS) is 1. The first-order chi connectivity index (χ1) is 9.31. The third kappa shape index (κ3) is 4.23. The van der Waals surface area contributed by atoms with Crippen LogP contribution in [-0.2, 0) is 9.59 Å².